The molecule has 1 amide bonds. The molecular formula is C19H21N5O. The zero-order valence-corrected chi connectivity index (χ0v) is 14.2. The van der Waals surface area contributed by atoms with Gasteiger partial charge in [-0.05, 0) is 37.5 Å². The molecule has 3 aromatic rings. The smallest absolute Gasteiger partial charge is 0.272 e. The average molecular weight is 335 g/mol. The van der Waals surface area contributed by atoms with E-state index in [1.54, 1.807) is 6.20 Å². The van der Waals surface area contributed by atoms with Gasteiger partial charge in [0.05, 0.1) is 18.3 Å². The summed E-state index contributed by atoms with van der Waals surface area (Å²) in [5, 5.41) is 11.5. The summed E-state index contributed by atoms with van der Waals surface area (Å²) < 4.78 is 1.89. The number of aromatic amines is 1. The van der Waals surface area contributed by atoms with Gasteiger partial charge in [0.2, 0.25) is 0 Å². The standard InChI is InChI=1S/C19H21N5O/c1-14-6-2-3-8-16(14)17-12-18(22-21-17)19(25)24-11-4-7-15(24)13-23-10-5-9-20-23/h2-3,5-6,8-10,12,15H,4,7,11,13H2,1H3,(H,21,22). The fourth-order valence-corrected chi connectivity index (χ4v) is 3.50. The van der Waals surface area contributed by atoms with Crippen LogP contribution in [-0.4, -0.2) is 43.4 Å². The zero-order chi connectivity index (χ0) is 17.2. The first-order valence-electron chi connectivity index (χ1n) is 8.62. The van der Waals surface area contributed by atoms with Crippen LogP contribution in [0.5, 0.6) is 0 Å². The molecular weight excluding hydrogens is 314 g/mol. The third-order valence-corrected chi connectivity index (χ3v) is 4.82. The number of nitrogens with zero attached hydrogens (tertiary/aromatic N) is 4. The van der Waals surface area contributed by atoms with Gasteiger partial charge >= 0.3 is 0 Å². The highest BCUT2D eigenvalue weighted by atomic mass is 16.2. The minimum atomic E-state index is 0.0157. The fraction of sp³-hybridized carbons (Fsp3) is 0.316. The summed E-state index contributed by atoms with van der Waals surface area (Å²) in [7, 11) is 0. The summed E-state index contributed by atoms with van der Waals surface area (Å²) in [6.07, 6.45) is 5.73. The van der Waals surface area contributed by atoms with E-state index in [9.17, 15) is 4.79 Å². The maximum Gasteiger partial charge on any atom is 0.272 e. The van der Waals surface area contributed by atoms with Crippen molar-refractivity contribution in [2.24, 2.45) is 0 Å². The molecule has 6 heteroatoms. The predicted octanol–water partition coefficient (Wildman–Crippen LogP) is 2.89. The monoisotopic (exact) mass is 335 g/mol. The van der Waals surface area contributed by atoms with Gasteiger partial charge in [0.15, 0.2) is 0 Å². The minimum Gasteiger partial charge on any atom is -0.332 e. The summed E-state index contributed by atoms with van der Waals surface area (Å²) in [5.41, 5.74) is 3.55. The number of carbonyl (C=O) groups is 1. The molecule has 1 fully saturated rings. The van der Waals surface area contributed by atoms with Crippen LogP contribution >= 0.6 is 0 Å². The van der Waals surface area contributed by atoms with E-state index in [0.29, 0.717) is 5.69 Å². The van der Waals surface area contributed by atoms with Crippen LogP contribution in [-0.2, 0) is 6.54 Å². The maximum absolute atomic E-state index is 12.9. The molecule has 1 aliphatic rings. The van der Waals surface area contributed by atoms with Crippen LogP contribution in [0.15, 0.2) is 48.8 Å². The lowest BCUT2D eigenvalue weighted by molar-refractivity contribution is 0.0715. The van der Waals surface area contributed by atoms with Gasteiger partial charge in [-0.3, -0.25) is 14.6 Å². The highest BCUT2D eigenvalue weighted by Gasteiger charge is 2.30. The van der Waals surface area contributed by atoms with Gasteiger partial charge in [-0.2, -0.15) is 10.2 Å². The van der Waals surface area contributed by atoms with E-state index in [4.69, 9.17) is 0 Å². The Morgan fingerprint density at radius 3 is 3.00 bits per heavy atom. The Hall–Kier alpha value is -2.89. The molecule has 0 aliphatic carbocycles. The maximum atomic E-state index is 12.9. The van der Waals surface area contributed by atoms with Gasteiger partial charge in [-0.1, -0.05) is 24.3 Å². The molecule has 0 bridgehead atoms. The molecule has 1 saturated heterocycles. The van der Waals surface area contributed by atoms with Crippen LogP contribution in [0.1, 0.15) is 28.9 Å². The largest absolute Gasteiger partial charge is 0.332 e. The normalized spacial score (nSPS) is 17.2. The van der Waals surface area contributed by atoms with E-state index in [2.05, 4.69) is 15.3 Å². The Labute approximate surface area is 146 Å². The number of H-pyrrole nitrogens is 1. The number of carbonyl (C=O) groups excluding carboxylic acids is 1. The molecule has 25 heavy (non-hydrogen) atoms. The third-order valence-electron chi connectivity index (χ3n) is 4.82. The van der Waals surface area contributed by atoms with Crippen molar-refractivity contribution >= 4 is 5.91 Å². The van der Waals surface area contributed by atoms with Gasteiger partial charge in [0.25, 0.3) is 5.91 Å². The molecule has 6 nitrogen and oxygen atoms in total. The summed E-state index contributed by atoms with van der Waals surface area (Å²) in [6, 6.07) is 12.0. The van der Waals surface area contributed by atoms with Crippen molar-refractivity contribution in [3.05, 3.63) is 60.0 Å². The Morgan fingerprint density at radius 1 is 1.32 bits per heavy atom. The topological polar surface area (TPSA) is 66.8 Å². The molecule has 128 valence electrons. The first kappa shape index (κ1) is 15.6. The minimum absolute atomic E-state index is 0.0157. The lowest BCUT2D eigenvalue weighted by Gasteiger charge is -2.24. The number of nitrogens with one attached hydrogen (secondary N) is 1. The Kier molecular flexibility index (Phi) is 4.09. The molecule has 0 spiro atoms. The predicted molar refractivity (Wildman–Crippen MR) is 95.0 cm³/mol. The molecule has 1 atom stereocenters. The Morgan fingerprint density at radius 2 is 2.20 bits per heavy atom. The molecule has 0 saturated carbocycles. The second-order valence-electron chi connectivity index (χ2n) is 6.50. The van der Waals surface area contributed by atoms with Crippen molar-refractivity contribution < 1.29 is 4.79 Å². The summed E-state index contributed by atoms with van der Waals surface area (Å²) in [4.78, 5) is 14.9. The molecule has 4 rings (SSSR count). The van der Waals surface area contributed by atoms with Gasteiger partial charge in [-0.25, -0.2) is 0 Å². The van der Waals surface area contributed by atoms with E-state index in [-0.39, 0.29) is 11.9 Å². The lowest BCUT2D eigenvalue weighted by atomic mass is 10.1. The van der Waals surface area contributed by atoms with Crippen molar-refractivity contribution in [1.82, 2.24) is 24.9 Å². The third kappa shape index (κ3) is 3.07. The molecule has 1 N–H and O–H groups in total. The number of rotatable bonds is 4. The second kappa shape index (κ2) is 6.55. The molecule has 1 aliphatic heterocycles. The van der Waals surface area contributed by atoms with E-state index in [0.717, 1.165) is 42.8 Å². The number of hydrogen-bond donors (Lipinski definition) is 1. The van der Waals surface area contributed by atoms with E-state index in [1.807, 2.05) is 59.1 Å². The van der Waals surface area contributed by atoms with Crippen molar-refractivity contribution in [3.8, 4) is 11.3 Å². The van der Waals surface area contributed by atoms with Crippen LogP contribution in [0, 0.1) is 6.92 Å². The SMILES string of the molecule is Cc1ccccc1-c1cc(C(=O)N2CCCC2Cn2cccn2)[nH]n1. The van der Waals surface area contributed by atoms with Crippen LogP contribution in [0.25, 0.3) is 11.3 Å². The van der Waals surface area contributed by atoms with Gasteiger partial charge in [-0.15, -0.1) is 0 Å². The lowest BCUT2D eigenvalue weighted by Crippen LogP contribution is -2.38. The molecule has 3 heterocycles. The van der Waals surface area contributed by atoms with Crippen LogP contribution in [0.2, 0.25) is 0 Å². The van der Waals surface area contributed by atoms with Gasteiger partial charge in [0.1, 0.15) is 5.69 Å². The van der Waals surface area contributed by atoms with Crippen molar-refractivity contribution in [2.75, 3.05) is 6.54 Å². The number of amides is 1. The Bertz CT molecular complexity index is 868. The molecule has 1 unspecified atom stereocenters. The summed E-state index contributed by atoms with van der Waals surface area (Å²) in [6.45, 7) is 3.56. The molecule has 2 aromatic heterocycles. The highest BCUT2D eigenvalue weighted by Crippen LogP contribution is 2.24. The van der Waals surface area contributed by atoms with Crippen LogP contribution < -0.4 is 0 Å². The van der Waals surface area contributed by atoms with E-state index >= 15 is 0 Å². The van der Waals surface area contributed by atoms with E-state index in [1.165, 1.54) is 0 Å². The summed E-state index contributed by atoms with van der Waals surface area (Å²) in [5.74, 6) is 0.0157. The number of aromatic nitrogens is 4. The van der Waals surface area contributed by atoms with Crippen molar-refractivity contribution in [3.63, 3.8) is 0 Å². The van der Waals surface area contributed by atoms with Gasteiger partial charge < -0.3 is 4.90 Å². The fourth-order valence-electron chi connectivity index (χ4n) is 3.50. The first-order chi connectivity index (χ1) is 12.2. The van der Waals surface area contributed by atoms with Crippen molar-refractivity contribution in [2.45, 2.75) is 32.4 Å². The second-order valence-corrected chi connectivity index (χ2v) is 6.50. The summed E-state index contributed by atoms with van der Waals surface area (Å²) >= 11 is 0. The molecule has 0 radical (unpaired) electrons. The number of likely N-dealkylation sites (tertiary alicyclic amines) is 1. The highest BCUT2D eigenvalue weighted by molar-refractivity contribution is 5.93. The number of benzene rings is 1. The Balaban J connectivity index is 1.54. The van der Waals surface area contributed by atoms with Gasteiger partial charge in [0, 0.05) is 24.5 Å². The molecule has 1 aromatic carbocycles. The van der Waals surface area contributed by atoms with Crippen LogP contribution in [0.3, 0.4) is 0 Å². The zero-order valence-electron chi connectivity index (χ0n) is 14.2. The van der Waals surface area contributed by atoms with E-state index < -0.39 is 0 Å². The quantitative estimate of drug-likeness (QED) is 0.797. The number of hydrogen-bond acceptors (Lipinski definition) is 3. The van der Waals surface area contributed by atoms with Crippen molar-refractivity contribution in [1.29, 1.82) is 0 Å². The van der Waals surface area contributed by atoms with Crippen LogP contribution in [0.4, 0.5) is 0 Å². The first-order valence-corrected chi connectivity index (χ1v) is 8.62. The number of aryl methyl sites for hydroxylation is 1. The average Bonchev–Trinajstić information content (AvgIpc) is 3.37.